The molecule has 0 aliphatic heterocycles. The molecule has 15 heavy (non-hydrogen) atoms. The number of carbonyl (C=O) groups excluding carboxylic acids is 1. The number of hydrogen-bond acceptors (Lipinski definition) is 5. The Hall–Kier alpha value is -0.910. The van der Waals surface area contributed by atoms with Crippen LogP contribution in [0.1, 0.15) is 11.3 Å². The molecule has 0 aliphatic rings. The van der Waals surface area contributed by atoms with Gasteiger partial charge >= 0.3 is 5.97 Å². The minimum absolute atomic E-state index is 0.0357. The topological polar surface area (TPSA) is 58.6 Å². The smallest absolute Gasteiger partial charge is 0.308 e. The summed E-state index contributed by atoms with van der Waals surface area (Å²) in [5.41, 5.74) is 0. The van der Waals surface area contributed by atoms with Gasteiger partial charge in [0.25, 0.3) is 0 Å². The van der Waals surface area contributed by atoms with Gasteiger partial charge in [0.15, 0.2) is 0 Å². The molecule has 5 heteroatoms. The Bertz CT molecular complexity index is 287. The highest BCUT2D eigenvalue weighted by atomic mass is 32.1. The predicted molar refractivity (Wildman–Crippen MR) is 58.7 cm³/mol. The van der Waals surface area contributed by atoms with Gasteiger partial charge in [-0.25, -0.2) is 0 Å². The summed E-state index contributed by atoms with van der Waals surface area (Å²) < 4.78 is 4.45. The summed E-state index contributed by atoms with van der Waals surface area (Å²) in [7, 11) is 1.31. The van der Waals surface area contributed by atoms with E-state index in [1.807, 2.05) is 17.5 Å². The maximum absolute atomic E-state index is 10.8. The van der Waals surface area contributed by atoms with Gasteiger partial charge in [0.1, 0.15) is 0 Å². The van der Waals surface area contributed by atoms with Crippen LogP contribution < -0.4 is 5.32 Å². The van der Waals surface area contributed by atoms with E-state index in [9.17, 15) is 9.90 Å². The summed E-state index contributed by atoms with van der Waals surface area (Å²) in [5, 5.41) is 14.5. The van der Waals surface area contributed by atoms with Crippen molar-refractivity contribution in [2.45, 2.75) is 19.1 Å². The van der Waals surface area contributed by atoms with E-state index in [1.165, 1.54) is 12.0 Å². The summed E-state index contributed by atoms with van der Waals surface area (Å²) in [4.78, 5) is 12.0. The zero-order chi connectivity index (χ0) is 11.1. The Labute approximate surface area is 92.9 Å². The van der Waals surface area contributed by atoms with E-state index < -0.39 is 6.10 Å². The first-order valence-electron chi connectivity index (χ1n) is 4.70. The molecule has 1 aromatic heterocycles. The van der Waals surface area contributed by atoms with Crippen LogP contribution >= 0.6 is 11.3 Å². The molecule has 0 spiro atoms. The number of nitrogens with one attached hydrogen (secondary N) is 1. The average molecular weight is 229 g/mol. The lowest BCUT2D eigenvalue weighted by atomic mass is 10.2. The monoisotopic (exact) mass is 229 g/mol. The molecular formula is C10H15NO3S. The Morgan fingerprint density at radius 3 is 3.13 bits per heavy atom. The molecule has 0 radical (unpaired) electrons. The molecule has 4 nitrogen and oxygen atoms in total. The maximum Gasteiger partial charge on any atom is 0.308 e. The van der Waals surface area contributed by atoms with Crippen molar-refractivity contribution < 1.29 is 14.6 Å². The van der Waals surface area contributed by atoms with Crippen molar-refractivity contribution in [3.63, 3.8) is 0 Å². The lowest BCUT2D eigenvalue weighted by Gasteiger charge is -2.09. The molecule has 0 fully saturated rings. The number of esters is 1. The molecule has 0 aromatic carbocycles. The molecule has 0 saturated heterocycles. The van der Waals surface area contributed by atoms with Crippen molar-refractivity contribution in [2.75, 3.05) is 13.7 Å². The van der Waals surface area contributed by atoms with Gasteiger partial charge < -0.3 is 15.2 Å². The molecule has 1 unspecified atom stereocenters. The number of hydrogen-bond donors (Lipinski definition) is 2. The van der Waals surface area contributed by atoms with Crippen molar-refractivity contribution >= 4 is 17.3 Å². The van der Waals surface area contributed by atoms with Crippen LogP contribution in [0.3, 0.4) is 0 Å². The van der Waals surface area contributed by atoms with Crippen molar-refractivity contribution in [1.82, 2.24) is 5.32 Å². The number of carbonyl (C=O) groups is 1. The van der Waals surface area contributed by atoms with Gasteiger partial charge in [0.05, 0.1) is 19.6 Å². The highest BCUT2D eigenvalue weighted by Crippen LogP contribution is 2.07. The van der Waals surface area contributed by atoms with E-state index in [0.29, 0.717) is 6.54 Å². The number of thiophene rings is 1. The minimum Gasteiger partial charge on any atom is -0.469 e. The van der Waals surface area contributed by atoms with Crippen LogP contribution in [0.2, 0.25) is 0 Å². The van der Waals surface area contributed by atoms with Gasteiger partial charge in [-0.2, -0.15) is 0 Å². The summed E-state index contributed by atoms with van der Waals surface area (Å²) in [6.45, 7) is 1.11. The highest BCUT2D eigenvalue weighted by Gasteiger charge is 2.10. The predicted octanol–water partition coefficient (Wildman–Crippen LogP) is 0.762. The Kier molecular flexibility index (Phi) is 5.31. The van der Waals surface area contributed by atoms with Gasteiger partial charge in [-0.1, -0.05) is 6.07 Å². The van der Waals surface area contributed by atoms with Crippen molar-refractivity contribution in [2.24, 2.45) is 0 Å². The summed E-state index contributed by atoms with van der Waals surface area (Å²) in [6, 6.07) is 4.00. The second-order valence-corrected chi connectivity index (χ2v) is 4.18. The Morgan fingerprint density at radius 1 is 1.73 bits per heavy atom. The van der Waals surface area contributed by atoms with Crippen LogP contribution in [0.4, 0.5) is 0 Å². The summed E-state index contributed by atoms with van der Waals surface area (Å²) >= 11 is 1.66. The Morgan fingerprint density at radius 2 is 2.53 bits per heavy atom. The molecule has 2 N–H and O–H groups in total. The molecule has 0 amide bonds. The van der Waals surface area contributed by atoms with E-state index in [1.54, 1.807) is 11.3 Å². The van der Waals surface area contributed by atoms with Crippen molar-refractivity contribution in [1.29, 1.82) is 0 Å². The number of aliphatic hydroxyl groups is 1. The second-order valence-electron chi connectivity index (χ2n) is 3.14. The lowest BCUT2D eigenvalue weighted by molar-refractivity contribution is -0.142. The van der Waals surface area contributed by atoms with E-state index in [-0.39, 0.29) is 12.4 Å². The van der Waals surface area contributed by atoms with Crippen LogP contribution in [0.15, 0.2) is 17.5 Å². The molecule has 0 aliphatic carbocycles. The number of rotatable bonds is 6. The standard InChI is InChI=1S/C10H15NO3S/c1-14-10(13)5-8(12)6-11-7-9-3-2-4-15-9/h2-4,8,11-12H,5-7H2,1H3. The third kappa shape index (κ3) is 4.92. The average Bonchev–Trinajstić information content (AvgIpc) is 2.70. The summed E-state index contributed by atoms with van der Waals surface area (Å²) in [5.74, 6) is -0.388. The second kappa shape index (κ2) is 6.55. The first kappa shape index (κ1) is 12.2. The van der Waals surface area contributed by atoms with Gasteiger partial charge in [-0.3, -0.25) is 4.79 Å². The van der Waals surface area contributed by atoms with E-state index in [2.05, 4.69) is 10.1 Å². The fraction of sp³-hybridized carbons (Fsp3) is 0.500. The van der Waals surface area contributed by atoms with E-state index in [0.717, 1.165) is 6.54 Å². The first-order valence-corrected chi connectivity index (χ1v) is 5.58. The normalized spacial score (nSPS) is 12.4. The fourth-order valence-corrected chi connectivity index (χ4v) is 1.80. The molecule has 0 saturated carbocycles. The molecular weight excluding hydrogens is 214 g/mol. The van der Waals surface area contributed by atoms with Crippen LogP contribution in [-0.4, -0.2) is 30.8 Å². The van der Waals surface area contributed by atoms with Gasteiger partial charge in [-0.05, 0) is 11.4 Å². The molecule has 1 atom stereocenters. The lowest BCUT2D eigenvalue weighted by Crippen LogP contribution is -2.28. The van der Waals surface area contributed by atoms with Gasteiger partial charge in [0, 0.05) is 18.0 Å². The van der Waals surface area contributed by atoms with Gasteiger partial charge in [0.2, 0.25) is 0 Å². The van der Waals surface area contributed by atoms with Crippen molar-refractivity contribution in [3.8, 4) is 0 Å². The van der Waals surface area contributed by atoms with Crippen LogP contribution in [0.25, 0.3) is 0 Å². The molecule has 1 aromatic rings. The number of methoxy groups -OCH3 is 1. The molecule has 84 valence electrons. The summed E-state index contributed by atoms with van der Waals surface area (Å²) in [6.07, 6.45) is -0.647. The zero-order valence-electron chi connectivity index (χ0n) is 8.60. The van der Waals surface area contributed by atoms with Gasteiger partial charge in [-0.15, -0.1) is 11.3 Å². The number of aliphatic hydroxyl groups excluding tert-OH is 1. The van der Waals surface area contributed by atoms with Crippen LogP contribution in [0.5, 0.6) is 0 Å². The SMILES string of the molecule is COC(=O)CC(O)CNCc1cccs1. The fourth-order valence-electron chi connectivity index (χ4n) is 1.12. The first-order chi connectivity index (χ1) is 7.22. The third-order valence-corrected chi connectivity index (χ3v) is 2.77. The van der Waals surface area contributed by atoms with E-state index in [4.69, 9.17) is 0 Å². The highest BCUT2D eigenvalue weighted by molar-refractivity contribution is 7.09. The molecule has 1 rings (SSSR count). The Balaban J connectivity index is 2.12. The maximum atomic E-state index is 10.8. The molecule has 1 heterocycles. The number of ether oxygens (including phenoxy) is 1. The quantitative estimate of drug-likeness (QED) is 0.707. The molecule has 0 bridgehead atoms. The minimum atomic E-state index is -0.683. The largest absolute Gasteiger partial charge is 0.469 e. The van der Waals surface area contributed by atoms with E-state index >= 15 is 0 Å². The van der Waals surface area contributed by atoms with Crippen LogP contribution in [0, 0.1) is 0 Å². The zero-order valence-corrected chi connectivity index (χ0v) is 9.42. The van der Waals surface area contributed by atoms with Crippen LogP contribution in [-0.2, 0) is 16.1 Å². The van der Waals surface area contributed by atoms with Crippen molar-refractivity contribution in [3.05, 3.63) is 22.4 Å². The third-order valence-electron chi connectivity index (χ3n) is 1.89.